The Bertz CT molecular complexity index is 828. The van der Waals surface area contributed by atoms with Crippen molar-refractivity contribution < 1.29 is 9.53 Å². The summed E-state index contributed by atoms with van der Waals surface area (Å²) in [6.45, 7) is 2.09. The highest BCUT2D eigenvalue weighted by atomic mass is 35.5. The Morgan fingerprint density at radius 1 is 1.17 bits per heavy atom. The summed E-state index contributed by atoms with van der Waals surface area (Å²) in [4.78, 5) is 12.3. The van der Waals surface area contributed by atoms with Gasteiger partial charge in [-0.05, 0) is 31.2 Å². The van der Waals surface area contributed by atoms with Gasteiger partial charge >= 0.3 is 5.97 Å². The molecule has 0 N–H and O–H groups in total. The van der Waals surface area contributed by atoms with Crippen LogP contribution in [0.3, 0.4) is 0 Å². The minimum atomic E-state index is -0.398. The topological polar surface area (TPSA) is 44.1 Å². The van der Waals surface area contributed by atoms with Crippen LogP contribution in [0.15, 0.2) is 60.8 Å². The standard InChI is InChI=1S/C18H15ClN2O2/c1-2-23-18(22)16-12-20-21(15-9-4-3-5-10-15)17(16)13-7-6-8-14(19)11-13/h3-12H,2H2,1H3. The van der Waals surface area contributed by atoms with Crippen molar-refractivity contribution in [1.82, 2.24) is 9.78 Å². The van der Waals surface area contributed by atoms with E-state index < -0.39 is 5.97 Å². The fraction of sp³-hybridized carbons (Fsp3) is 0.111. The number of carbonyl (C=O) groups excluding carboxylic acids is 1. The lowest BCUT2D eigenvalue weighted by molar-refractivity contribution is 0.0527. The van der Waals surface area contributed by atoms with Crippen LogP contribution in [0.4, 0.5) is 0 Å². The van der Waals surface area contributed by atoms with Gasteiger partial charge in [-0.2, -0.15) is 5.10 Å². The Kier molecular flexibility index (Phi) is 4.44. The number of hydrogen-bond donors (Lipinski definition) is 0. The molecule has 0 aliphatic heterocycles. The smallest absolute Gasteiger partial charge is 0.342 e. The summed E-state index contributed by atoms with van der Waals surface area (Å²) >= 11 is 6.11. The van der Waals surface area contributed by atoms with E-state index >= 15 is 0 Å². The predicted octanol–water partition coefficient (Wildman–Crippen LogP) is 4.37. The van der Waals surface area contributed by atoms with E-state index in [-0.39, 0.29) is 0 Å². The van der Waals surface area contributed by atoms with Crippen LogP contribution in [-0.2, 0) is 4.74 Å². The molecule has 3 aromatic rings. The Hall–Kier alpha value is -2.59. The minimum Gasteiger partial charge on any atom is -0.462 e. The van der Waals surface area contributed by atoms with Gasteiger partial charge in [0, 0.05) is 10.6 Å². The van der Waals surface area contributed by atoms with E-state index in [1.165, 1.54) is 6.20 Å². The van der Waals surface area contributed by atoms with E-state index in [1.54, 1.807) is 23.7 Å². The molecule has 0 amide bonds. The molecule has 0 fully saturated rings. The van der Waals surface area contributed by atoms with Crippen molar-refractivity contribution in [3.8, 4) is 16.9 Å². The van der Waals surface area contributed by atoms with Crippen LogP contribution >= 0.6 is 11.6 Å². The number of esters is 1. The molecule has 2 aromatic carbocycles. The van der Waals surface area contributed by atoms with Crippen molar-refractivity contribution in [3.05, 3.63) is 71.4 Å². The van der Waals surface area contributed by atoms with E-state index in [9.17, 15) is 4.79 Å². The second-order valence-corrected chi connectivity index (χ2v) is 5.32. The summed E-state index contributed by atoms with van der Waals surface area (Å²) in [5, 5.41) is 4.96. The van der Waals surface area contributed by atoms with Gasteiger partial charge in [-0.25, -0.2) is 9.48 Å². The van der Waals surface area contributed by atoms with Crippen molar-refractivity contribution in [3.63, 3.8) is 0 Å². The zero-order chi connectivity index (χ0) is 16.2. The summed E-state index contributed by atoms with van der Waals surface area (Å²) in [5.74, 6) is -0.398. The fourth-order valence-electron chi connectivity index (χ4n) is 2.39. The average Bonchev–Trinajstić information content (AvgIpc) is 3.01. The maximum Gasteiger partial charge on any atom is 0.342 e. The number of ether oxygens (including phenoxy) is 1. The first-order valence-corrected chi connectivity index (χ1v) is 7.65. The lowest BCUT2D eigenvalue weighted by Gasteiger charge is -2.10. The number of hydrogen-bond acceptors (Lipinski definition) is 3. The first-order valence-electron chi connectivity index (χ1n) is 7.27. The maximum atomic E-state index is 12.3. The monoisotopic (exact) mass is 326 g/mol. The quantitative estimate of drug-likeness (QED) is 0.669. The van der Waals surface area contributed by atoms with Gasteiger partial charge < -0.3 is 4.74 Å². The predicted molar refractivity (Wildman–Crippen MR) is 90.0 cm³/mol. The van der Waals surface area contributed by atoms with Crippen molar-refractivity contribution >= 4 is 17.6 Å². The highest BCUT2D eigenvalue weighted by Crippen LogP contribution is 2.29. The van der Waals surface area contributed by atoms with Crippen LogP contribution < -0.4 is 0 Å². The molecule has 116 valence electrons. The molecule has 0 atom stereocenters. The molecule has 0 aliphatic rings. The van der Waals surface area contributed by atoms with Gasteiger partial charge in [0.2, 0.25) is 0 Å². The Morgan fingerprint density at radius 2 is 1.96 bits per heavy atom. The molecule has 0 bridgehead atoms. The number of benzene rings is 2. The molecule has 23 heavy (non-hydrogen) atoms. The highest BCUT2D eigenvalue weighted by molar-refractivity contribution is 6.30. The Labute approximate surface area is 139 Å². The van der Waals surface area contributed by atoms with E-state index in [2.05, 4.69) is 5.10 Å². The number of nitrogens with zero attached hydrogens (tertiary/aromatic N) is 2. The third-order valence-corrected chi connectivity index (χ3v) is 3.60. The molecule has 1 heterocycles. The number of aromatic nitrogens is 2. The van der Waals surface area contributed by atoms with E-state index in [1.807, 2.05) is 42.5 Å². The first kappa shape index (κ1) is 15.3. The van der Waals surface area contributed by atoms with Gasteiger partial charge in [0.25, 0.3) is 0 Å². The zero-order valence-electron chi connectivity index (χ0n) is 12.6. The van der Waals surface area contributed by atoms with Gasteiger partial charge in [-0.15, -0.1) is 0 Å². The summed E-state index contributed by atoms with van der Waals surface area (Å²) in [6.07, 6.45) is 1.53. The maximum absolute atomic E-state index is 12.3. The lowest BCUT2D eigenvalue weighted by Crippen LogP contribution is -2.07. The highest BCUT2D eigenvalue weighted by Gasteiger charge is 2.21. The summed E-state index contributed by atoms with van der Waals surface area (Å²) < 4.78 is 6.86. The number of carbonyl (C=O) groups is 1. The molecule has 1 aromatic heterocycles. The average molecular weight is 327 g/mol. The molecular formula is C18H15ClN2O2. The fourth-order valence-corrected chi connectivity index (χ4v) is 2.58. The molecule has 0 unspecified atom stereocenters. The Morgan fingerprint density at radius 3 is 2.65 bits per heavy atom. The number of para-hydroxylation sites is 1. The molecule has 0 saturated heterocycles. The van der Waals surface area contributed by atoms with Crippen LogP contribution in [-0.4, -0.2) is 22.4 Å². The minimum absolute atomic E-state index is 0.310. The lowest BCUT2D eigenvalue weighted by atomic mass is 10.1. The largest absolute Gasteiger partial charge is 0.462 e. The second-order valence-electron chi connectivity index (χ2n) is 4.89. The van der Waals surface area contributed by atoms with Crippen molar-refractivity contribution in [1.29, 1.82) is 0 Å². The third kappa shape index (κ3) is 3.12. The van der Waals surface area contributed by atoms with Gasteiger partial charge in [-0.1, -0.05) is 41.9 Å². The molecular weight excluding hydrogens is 312 g/mol. The third-order valence-electron chi connectivity index (χ3n) is 3.36. The van der Waals surface area contributed by atoms with E-state index in [0.29, 0.717) is 22.9 Å². The molecule has 0 radical (unpaired) electrons. The SMILES string of the molecule is CCOC(=O)c1cnn(-c2ccccc2)c1-c1cccc(Cl)c1. The normalized spacial score (nSPS) is 10.5. The van der Waals surface area contributed by atoms with Gasteiger partial charge in [0.05, 0.1) is 24.2 Å². The van der Waals surface area contributed by atoms with Gasteiger partial charge in [-0.3, -0.25) is 0 Å². The van der Waals surface area contributed by atoms with Crippen molar-refractivity contribution in [2.75, 3.05) is 6.61 Å². The van der Waals surface area contributed by atoms with Crippen LogP contribution in [0.5, 0.6) is 0 Å². The number of rotatable bonds is 4. The van der Waals surface area contributed by atoms with Crippen molar-refractivity contribution in [2.45, 2.75) is 6.92 Å². The number of halogens is 1. The molecule has 0 spiro atoms. The van der Waals surface area contributed by atoms with E-state index in [4.69, 9.17) is 16.3 Å². The Balaban J connectivity index is 2.20. The first-order chi connectivity index (χ1) is 11.2. The molecule has 3 rings (SSSR count). The van der Waals surface area contributed by atoms with E-state index in [0.717, 1.165) is 11.3 Å². The van der Waals surface area contributed by atoms with Gasteiger partial charge in [0.15, 0.2) is 0 Å². The van der Waals surface area contributed by atoms with Gasteiger partial charge in [0.1, 0.15) is 5.56 Å². The van der Waals surface area contributed by atoms with Crippen LogP contribution in [0.2, 0.25) is 5.02 Å². The van der Waals surface area contributed by atoms with Crippen molar-refractivity contribution in [2.24, 2.45) is 0 Å². The zero-order valence-corrected chi connectivity index (χ0v) is 13.3. The van der Waals surface area contributed by atoms with Crippen LogP contribution in [0.25, 0.3) is 16.9 Å². The molecule has 0 aliphatic carbocycles. The second kappa shape index (κ2) is 6.67. The summed E-state index contributed by atoms with van der Waals surface area (Å²) in [5.41, 5.74) is 2.75. The summed E-state index contributed by atoms with van der Waals surface area (Å²) in [6, 6.07) is 17.0. The van der Waals surface area contributed by atoms with Crippen LogP contribution in [0.1, 0.15) is 17.3 Å². The molecule has 4 nitrogen and oxygen atoms in total. The molecule has 5 heteroatoms. The van der Waals surface area contributed by atoms with Crippen LogP contribution in [0, 0.1) is 0 Å². The summed E-state index contributed by atoms with van der Waals surface area (Å²) in [7, 11) is 0. The molecule has 0 saturated carbocycles.